The van der Waals surface area contributed by atoms with E-state index >= 15 is 0 Å². The summed E-state index contributed by atoms with van der Waals surface area (Å²) in [4.78, 5) is 13.2. The minimum absolute atomic E-state index is 0.203. The fraction of sp³-hybridized carbons (Fsp3) is 0.712. The third kappa shape index (κ3) is 25.7. The monoisotopic (exact) mass is 1110 g/mol. The van der Waals surface area contributed by atoms with Crippen LogP contribution in [-0.4, -0.2) is 193 Å². The first-order chi connectivity index (χ1) is 37.8. The zero-order valence-electron chi connectivity index (χ0n) is 46.1. The number of aliphatic hydroxyl groups is 11. The lowest BCUT2D eigenvalue weighted by Gasteiger charge is -2.48. The number of hydrogen-bond acceptors (Lipinski definition) is 18. The summed E-state index contributed by atoms with van der Waals surface area (Å²) in [5.41, 5.74) is 0. The molecule has 1 amide bonds. The minimum Gasteiger partial charge on any atom is -0.394 e. The third-order valence-electron chi connectivity index (χ3n) is 13.7. The first kappa shape index (κ1) is 69.0. The molecule has 3 heterocycles. The summed E-state index contributed by atoms with van der Waals surface area (Å²) in [6, 6.07) is -0.914. The Morgan fingerprint density at radius 1 is 0.474 bits per heavy atom. The molecule has 3 aliphatic heterocycles. The molecule has 3 aliphatic rings. The number of ether oxygens (including phenoxy) is 6. The highest BCUT2D eigenvalue weighted by molar-refractivity contribution is 5.76. The Hall–Kier alpha value is -3.29. The van der Waals surface area contributed by atoms with Crippen molar-refractivity contribution in [3.05, 3.63) is 97.2 Å². The second kappa shape index (κ2) is 41.7. The minimum atomic E-state index is -1.98. The van der Waals surface area contributed by atoms with Gasteiger partial charge in [0.1, 0.15) is 73.2 Å². The molecule has 0 spiro atoms. The van der Waals surface area contributed by atoms with Gasteiger partial charge in [0.05, 0.1) is 38.6 Å². The first-order valence-corrected chi connectivity index (χ1v) is 28.5. The fourth-order valence-electron chi connectivity index (χ4n) is 8.97. The lowest BCUT2D eigenvalue weighted by Crippen LogP contribution is -2.66. The Morgan fingerprint density at radius 3 is 1.36 bits per heavy atom. The molecule has 0 bridgehead atoms. The standard InChI is InChI=1S/C59H97NO18/c1-3-5-7-9-11-12-13-14-15-16-17-18-19-20-21-22-23-24-25-26-27-28-29-30-31-33-35-37-47(65)60-42(43(64)36-34-32-10-8-6-4-2)41-73-57-53(71)50(68)55(45(39-62)75-57)78-59-54(72)51(69)56(46(40-63)76-59)77-58-52(70)49(67)48(66)44(38-61)74-58/h5,7,11-12,14-15,17-18,20-21,23-24,26-27,29-30,42-46,48-59,61-64,66-72H,3-4,6,8-10,13,16,19,22,25,28,31-41H2,1-2H3,(H,60,65)/b7-5-,12-11-,15-14-,18-17-,21-20-,24-23-,27-26-,30-29-. The molecule has 3 rings (SSSR count). The number of aliphatic hydroxyl groups excluding tert-OH is 11. The van der Waals surface area contributed by atoms with Gasteiger partial charge in [-0.2, -0.15) is 0 Å². The van der Waals surface area contributed by atoms with Gasteiger partial charge in [-0.25, -0.2) is 0 Å². The van der Waals surface area contributed by atoms with Crippen LogP contribution in [0, 0.1) is 0 Å². The molecule has 19 heteroatoms. The second-order valence-electron chi connectivity index (χ2n) is 20.0. The average Bonchev–Trinajstić information content (AvgIpc) is 3.45. The van der Waals surface area contributed by atoms with Gasteiger partial charge in [-0.3, -0.25) is 4.79 Å². The molecule has 3 saturated heterocycles. The molecule has 3 fully saturated rings. The van der Waals surface area contributed by atoms with Gasteiger partial charge in [-0.1, -0.05) is 150 Å². The molecule has 0 aromatic rings. The Kier molecular flexibility index (Phi) is 36.8. The number of nitrogens with one attached hydrogen (secondary N) is 1. The van der Waals surface area contributed by atoms with Gasteiger partial charge in [0, 0.05) is 6.42 Å². The van der Waals surface area contributed by atoms with Crippen LogP contribution < -0.4 is 5.32 Å². The van der Waals surface area contributed by atoms with Gasteiger partial charge < -0.3 is 89.9 Å². The van der Waals surface area contributed by atoms with Crippen LogP contribution in [0.3, 0.4) is 0 Å². The quantitative estimate of drug-likeness (QED) is 0.0303. The van der Waals surface area contributed by atoms with Gasteiger partial charge in [0.2, 0.25) is 5.91 Å². The van der Waals surface area contributed by atoms with Crippen LogP contribution in [-0.2, 0) is 33.2 Å². The normalized spacial score (nSPS) is 31.2. The largest absolute Gasteiger partial charge is 0.394 e. The predicted molar refractivity (Wildman–Crippen MR) is 295 cm³/mol. The van der Waals surface area contributed by atoms with Gasteiger partial charge >= 0.3 is 0 Å². The summed E-state index contributed by atoms with van der Waals surface area (Å²) < 4.78 is 34.1. The van der Waals surface area contributed by atoms with Gasteiger partial charge in [-0.15, -0.1) is 0 Å². The Morgan fingerprint density at radius 2 is 0.885 bits per heavy atom. The molecule has 0 aromatic heterocycles. The van der Waals surface area contributed by atoms with Gasteiger partial charge in [0.25, 0.3) is 0 Å². The van der Waals surface area contributed by atoms with E-state index in [1.54, 1.807) is 0 Å². The van der Waals surface area contributed by atoms with Crippen LogP contribution in [0.25, 0.3) is 0 Å². The van der Waals surface area contributed by atoms with E-state index in [1.807, 2.05) is 0 Å². The number of hydrogen-bond donors (Lipinski definition) is 12. The SMILES string of the molecule is CC/C=C\C/C=C\C/C=C\C/C=C\C/C=C\C/C=C\C/C=C\C/C=C\CCCCC(=O)NC(COC1OC(CO)C(OC2OC(CO)C(OC3OC(CO)C(O)C(O)C3O)C(O)C2O)C(O)C1O)C(O)CCCCCCCC. The van der Waals surface area contributed by atoms with E-state index in [2.05, 4.69) is 116 Å². The van der Waals surface area contributed by atoms with E-state index < -0.39 is 124 Å². The molecule has 17 unspecified atom stereocenters. The van der Waals surface area contributed by atoms with Crippen molar-refractivity contribution >= 4 is 5.91 Å². The number of carbonyl (C=O) groups is 1. The average molecular weight is 1110 g/mol. The van der Waals surface area contributed by atoms with Crippen molar-refractivity contribution in [2.45, 2.75) is 240 Å². The highest BCUT2D eigenvalue weighted by Gasteiger charge is 2.53. The Labute approximate surface area is 463 Å². The molecule has 0 radical (unpaired) electrons. The van der Waals surface area contributed by atoms with Crippen molar-refractivity contribution in [1.29, 1.82) is 0 Å². The lowest BCUT2D eigenvalue weighted by molar-refractivity contribution is -0.379. The van der Waals surface area contributed by atoms with Crippen LogP contribution in [0.5, 0.6) is 0 Å². The summed E-state index contributed by atoms with van der Waals surface area (Å²) in [7, 11) is 0. The summed E-state index contributed by atoms with van der Waals surface area (Å²) in [6.07, 6.45) is 24.2. The molecule has 446 valence electrons. The van der Waals surface area contributed by atoms with Crippen molar-refractivity contribution in [2.24, 2.45) is 0 Å². The second-order valence-corrected chi connectivity index (χ2v) is 20.0. The van der Waals surface area contributed by atoms with Crippen LogP contribution in [0.4, 0.5) is 0 Å². The third-order valence-corrected chi connectivity index (χ3v) is 13.7. The Balaban J connectivity index is 1.43. The first-order valence-electron chi connectivity index (χ1n) is 28.5. The maximum Gasteiger partial charge on any atom is 0.220 e. The predicted octanol–water partition coefficient (Wildman–Crippen LogP) is 4.20. The number of allylic oxidation sites excluding steroid dienone is 16. The summed E-state index contributed by atoms with van der Waals surface area (Å²) in [5.74, 6) is -0.297. The number of rotatable bonds is 39. The van der Waals surface area contributed by atoms with Crippen LogP contribution in [0.15, 0.2) is 97.2 Å². The summed E-state index contributed by atoms with van der Waals surface area (Å²) >= 11 is 0. The fourth-order valence-corrected chi connectivity index (χ4v) is 8.97. The molecule has 19 nitrogen and oxygen atoms in total. The van der Waals surface area contributed by atoms with Gasteiger partial charge in [0.15, 0.2) is 18.9 Å². The summed E-state index contributed by atoms with van der Waals surface area (Å²) in [5, 5.41) is 120. The number of carbonyl (C=O) groups excluding carboxylic acids is 1. The van der Waals surface area contributed by atoms with Crippen molar-refractivity contribution in [1.82, 2.24) is 5.32 Å². The highest BCUT2D eigenvalue weighted by Crippen LogP contribution is 2.33. The molecular formula is C59H97NO18. The maximum atomic E-state index is 13.2. The molecule has 0 aliphatic carbocycles. The zero-order chi connectivity index (χ0) is 56.9. The summed E-state index contributed by atoms with van der Waals surface area (Å²) in [6.45, 7) is 1.51. The smallest absolute Gasteiger partial charge is 0.220 e. The maximum absolute atomic E-state index is 13.2. The van der Waals surface area contributed by atoms with E-state index in [1.165, 1.54) is 0 Å². The topological polar surface area (TPSA) is 307 Å². The van der Waals surface area contributed by atoms with E-state index in [0.29, 0.717) is 19.3 Å². The molecule has 12 N–H and O–H groups in total. The molecule has 0 aromatic carbocycles. The highest BCUT2D eigenvalue weighted by atomic mass is 16.8. The van der Waals surface area contributed by atoms with Crippen molar-refractivity contribution in [3.8, 4) is 0 Å². The molecule has 0 saturated carbocycles. The van der Waals surface area contributed by atoms with Crippen molar-refractivity contribution in [2.75, 3.05) is 26.4 Å². The molecule has 17 atom stereocenters. The van der Waals surface area contributed by atoms with E-state index in [0.717, 1.165) is 96.3 Å². The van der Waals surface area contributed by atoms with E-state index in [4.69, 9.17) is 28.4 Å². The number of unbranched alkanes of at least 4 members (excludes halogenated alkanes) is 7. The zero-order valence-corrected chi connectivity index (χ0v) is 46.1. The van der Waals surface area contributed by atoms with E-state index in [-0.39, 0.29) is 18.9 Å². The van der Waals surface area contributed by atoms with Crippen molar-refractivity contribution in [3.63, 3.8) is 0 Å². The lowest BCUT2D eigenvalue weighted by atomic mass is 9.96. The number of amides is 1. The van der Waals surface area contributed by atoms with Crippen LogP contribution in [0.1, 0.15) is 136 Å². The van der Waals surface area contributed by atoms with Crippen LogP contribution >= 0.6 is 0 Å². The molecular weight excluding hydrogens is 1010 g/mol. The van der Waals surface area contributed by atoms with E-state index in [9.17, 15) is 61.0 Å². The van der Waals surface area contributed by atoms with Gasteiger partial charge in [-0.05, 0) is 77.0 Å². The van der Waals surface area contributed by atoms with Crippen molar-refractivity contribution < 1.29 is 89.4 Å². The van der Waals surface area contributed by atoms with Crippen LogP contribution in [0.2, 0.25) is 0 Å². The Bertz CT molecular complexity index is 1800. The molecule has 78 heavy (non-hydrogen) atoms.